The summed E-state index contributed by atoms with van der Waals surface area (Å²) >= 11 is 0. The average molecular weight is 278 g/mol. The van der Waals surface area contributed by atoms with E-state index in [4.69, 9.17) is 0 Å². The van der Waals surface area contributed by atoms with Gasteiger partial charge in [-0.1, -0.05) is 26.2 Å². The summed E-state index contributed by atoms with van der Waals surface area (Å²) in [6.45, 7) is 5.26. The molecular weight excluding hydrogens is 248 g/mol. The van der Waals surface area contributed by atoms with Crippen molar-refractivity contribution < 1.29 is 4.79 Å². The highest BCUT2D eigenvalue weighted by Gasteiger charge is 2.43. The van der Waals surface area contributed by atoms with Crippen molar-refractivity contribution in [1.29, 1.82) is 0 Å². The Kier molecular flexibility index (Phi) is 4.34. The number of hydrogen-bond donors (Lipinski definition) is 1. The van der Waals surface area contributed by atoms with Gasteiger partial charge < -0.3 is 10.2 Å². The van der Waals surface area contributed by atoms with Crippen LogP contribution in [0, 0.1) is 11.3 Å². The van der Waals surface area contributed by atoms with Crippen molar-refractivity contribution in [2.75, 3.05) is 19.6 Å². The Morgan fingerprint density at radius 2 is 1.75 bits per heavy atom. The molecule has 3 aliphatic rings. The standard InChI is InChI=1S/C17H30N2O/c1-17(9-11-18-12-10-17)16(20)19(15-7-8-15)13-14-5-3-2-4-6-14/h14-15,18H,2-13H2,1H3. The van der Waals surface area contributed by atoms with E-state index in [1.807, 2.05) is 0 Å². The van der Waals surface area contributed by atoms with Gasteiger partial charge in [0.1, 0.15) is 0 Å². The molecule has 0 unspecified atom stereocenters. The monoisotopic (exact) mass is 278 g/mol. The Hall–Kier alpha value is -0.570. The number of rotatable bonds is 4. The molecule has 1 N–H and O–H groups in total. The number of carbonyl (C=O) groups is 1. The molecule has 114 valence electrons. The van der Waals surface area contributed by atoms with Gasteiger partial charge in [0.25, 0.3) is 0 Å². The molecule has 1 amide bonds. The van der Waals surface area contributed by atoms with Gasteiger partial charge in [-0.25, -0.2) is 0 Å². The highest BCUT2D eigenvalue weighted by molar-refractivity contribution is 5.83. The third-order valence-corrected chi connectivity index (χ3v) is 5.65. The fourth-order valence-electron chi connectivity index (χ4n) is 3.97. The number of hydrogen-bond acceptors (Lipinski definition) is 2. The van der Waals surface area contributed by atoms with Gasteiger partial charge in [0, 0.05) is 18.0 Å². The topological polar surface area (TPSA) is 32.3 Å². The normalized spacial score (nSPS) is 27.2. The molecular formula is C17H30N2O. The first-order valence-electron chi connectivity index (χ1n) is 8.71. The first kappa shape index (κ1) is 14.4. The molecule has 1 saturated heterocycles. The molecule has 0 bridgehead atoms. The quantitative estimate of drug-likeness (QED) is 0.857. The molecule has 0 aromatic heterocycles. The van der Waals surface area contributed by atoms with Crippen LogP contribution in [0.3, 0.4) is 0 Å². The van der Waals surface area contributed by atoms with E-state index < -0.39 is 0 Å². The summed E-state index contributed by atoms with van der Waals surface area (Å²) in [5, 5.41) is 3.39. The lowest BCUT2D eigenvalue weighted by Gasteiger charge is -2.39. The first-order valence-corrected chi connectivity index (χ1v) is 8.71. The molecule has 2 aliphatic carbocycles. The first-order chi connectivity index (χ1) is 9.69. The fraction of sp³-hybridized carbons (Fsp3) is 0.941. The molecule has 0 aromatic carbocycles. The zero-order chi connectivity index (χ0) is 14.0. The van der Waals surface area contributed by atoms with Crippen LogP contribution in [0.25, 0.3) is 0 Å². The second-order valence-electron chi connectivity index (χ2n) is 7.50. The van der Waals surface area contributed by atoms with Crippen LogP contribution < -0.4 is 5.32 Å². The van der Waals surface area contributed by atoms with Gasteiger partial charge in [-0.15, -0.1) is 0 Å². The maximum Gasteiger partial charge on any atom is 0.228 e. The molecule has 0 atom stereocenters. The van der Waals surface area contributed by atoms with Crippen LogP contribution in [0.4, 0.5) is 0 Å². The van der Waals surface area contributed by atoms with Crippen LogP contribution in [0.2, 0.25) is 0 Å². The summed E-state index contributed by atoms with van der Waals surface area (Å²) in [6, 6.07) is 0.580. The summed E-state index contributed by atoms with van der Waals surface area (Å²) in [7, 11) is 0. The van der Waals surface area contributed by atoms with E-state index in [1.165, 1.54) is 44.9 Å². The van der Waals surface area contributed by atoms with Crippen LogP contribution in [0.15, 0.2) is 0 Å². The van der Waals surface area contributed by atoms with Gasteiger partial charge in [0.05, 0.1) is 0 Å². The predicted molar refractivity (Wildman–Crippen MR) is 81.5 cm³/mol. The van der Waals surface area contributed by atoms with Gasteiger partial charge >= 0.3 is 0 Å². The average Bonchev–Trinajstić information content (AvgIpc) is 3.30. The minimum Gasteiger partial charge on any atom is -0.339 e. The zero-order valence-corrected chi connectivity index (χ0v) is 13.0. The minimum absolute atomic E-state index is 0.0947. The second kappa shape index (κ2) is 6.05. The lowest BCUT2D eigenvalue weighted by atomic mass is 9.79. The van der Waals surface area contributed by atoms with Crippen molar-refractivity contribution in [3.63, 3.8) is 0 Å². The highest BCUT2D eigenvalue weighted by Crippen LogP contribution is 2.37. The van der Waals surface area contributed by atoms with Crippen LogP contribution in [0.1, 0.15) is 64.7 Å². The molecule has 3 rings (SSSR count). The lowest BCUT2D eigenvalue weighted by Crippen LogP contribution is -2.49. The Morgan fingerprint density at radius 3 is 2.35 bits per heavy atom. The number of piperidine rings is 1. The molecule has 20 heavy (non-hydrogen) atoms. The molecule has 0 spiro atoms. The highest BCUT2D eigenvalue weighted by atomic mass is 16.2. The van der Waals surface area contributed by atoms with E-state index in [1.54, 1.807) is 0 Å². The number of carbonyl (C=O) groups excluding carboxylic acids is 1. The van der Waals surface area contributed by atoms with E-state index in [0.717, 1.165) is 38.4 Å². The van der Waals surface area contributed by atoms with E-state index in [0.29, 0.717) is 11.9 Å². The van der Waals surface area contributed by atoms with E-state index in [2.05, 4.69) is 17.1 Å². The zero-order valence-electron chi connectivity index (χ0n) is 13.0. The summed E-state index contributed by atoms with van der Waals surface area (Å²) in [4.78, 5) is 15.4. The molecule has 2 saturated carbocycles. The fourth-order valence-corrected chi connectivity index (χ4v) is 3.97. The van der Waals surface area contributed by atoms with Crippen molar-refractivity contribution >= 4 is 5.91 Å². The van der Waals surface area contributed by atoms with Crippen molar-refractivity contribution in [1.82, 2.24) is 10.2 Å². The Bertz CT molecular complexity index is 339. The third-order valence-electron chi connectivity index (χ3n) is 5.65. The molecule has 0 aromatic rings. The van der Waals surface area contributed by atoms with Crippen molar-refractivity contribution in [3.05, 3.63) is 0 Å². The Balaban J connectivity index is 1.64. The minimum atomic E-state index is -0.0947. The van der Waals surface area contributed by atoms with E-state index >= 15 is 0 Å². The van der Waals surface area contributed by atoms with Crippen LogP contribution in [0.5, 0.6) is 0 Å². The van der Waals surface area contributed by atoms with E-state index in [-0.39, 0.29) is 5.41 Å². The SMILES string of the molecule is CC1(C(=O)N(CC2CCCCC2)C2CC2)CCNCC1. The molecule has 3 fully saturated rings. The summed E-state index contributed by atoms with van der Waals surface area (Å²) in [5.74, 6) is 1.24. The van der Waals surface area contributed by atoms with Crippen molar-refractivity contribution in [2.24, 2.45) is 11.3 Å². The number of nitrogens with one attached hydrogen (secondary N) is 1. The van der Waals surface area contributed by atoms with Gasteiger partial charge in [0.15, 0.2) is 0 Å². The molecule has 3 heteroatoms. The summed E-state index contributed by atoms with van der Waals surface area (Å²) in [6.07, 6.45) is 11.3. The van der Waals surface area contributed by atoms with Crippen LogP contribution >= 0.6 is 0 Å². The summed E-state index contributed by atoms with van der Waals surface area (Å²) in [5.41, 5.74) is -0.0947. The number of nitrogens with zero attached hydrogens (tertiary/aromatic N) is 1. The lowest BCUT2D eigenvalue weighted by molar-refractivity contribution is -0.144. The Labute approximate surface area is 123 Å². The summed E-state index contributed by atoms with van der Waals surface area (Å²) < 4.78 is 0. The Morgan fingerprint density at radius 1 is 1.10 bits per heavy atom. The smallest absolute Gasteiger partial charge is 0.228 e. The van der Waals surface area contributed by atoms with Gasteiger partial charge in [0.2, 0.25) is 5.91 Å². The molecule has 3 nitrogen and oxygen atoms in total. The van der Waals surface area contributed by atoms with Gasteiger partial charge in [-0.05, 0) is 57.5 Å². The predicted octanol–water partition coefficient (Wildman–Crippen LogP) is 2.95. The largest absolute Gasteiger partial charge is 0.339 e. The molecule has 1 heterocycles. The van der Waals surface area contributed by atoms with Crippen molar-refractivity contribution in [2.45, 2.75) is 70.8 Å². The number of amides is 1. The second-order valence-corrected chi connectivity index (χ2v) is 7.50. The maximum atomic E-state index is 13.1. The molecule has 1 aliphatic heterocycles. The van der Waals surface area contributed by atoms with Crippen LogP contribution in [-0.2, 0) is 4.79 Å². The van der Waals surface area contributed by atoms with Gasteiger partial charge in [-0.3, -0.25) is 4.79 Å². The van der Waals surface area contributed by atoms with E-state index in [9.17, 15) is 4.79 Å². The van der Waals surface area contributed by atoms with Crippen molar-refractivity contribution in [3.8, 4) is 0 Å². The maximum absolute atomic E-state index is 13.1. The third kappa shape index (κ3) is 3.19. The molecule has 0 radical (unpaired) electrons. The van der Waals surface area contributed by atoms with Crippen LogP contribution in [-0.4, -0.2) is 36.5 Å². The van der Waals surface area contributed by atoms with Gasteiger partial charge in [-0.2, -0.15) is 0 Å².